The zero-order chi connectivity index (χ0) is 23.3. The van der Waals surface area contributed by atoms with Gasteiger partial charge in [-0.2, -0.15) is 4.31 Å². The van der Waals surface area contributed by atoms with Crippen molar-refractivity contribution in [2.75, 3.05) is 26.2 Å². The van der Waals surface area contributed by atoms with Gasteiger partial charge in [0.1, 0.15) is 5.78 Å². The molecule has 1 unspecified atom stereocenters. The van der Waals surface area contributed by atoms with Gasteiger partial charge in [0.2, 0.25) is 15.9 Å². The Balaban J connectivity index is 1.33. The van der Waals surface area contributed by atoms with Crippen molar-refractivity contribution in [2.45, 2.75) is 49.8 Å². The molecule has 2 saturated heterocycles. The van der Waals surface area contributed by atoms with Gasteiger partial charge in [0, 0.05) is 57.8 Å². The monoisotopic (exact) mass is 469 g/mol. The van der Waals surface area contributed by atoms with Crippen molar-refractivity contribution >= 4 is 21.7 Å². The van der Waals surface area contributed by atoms with Crippen LogP contribution in [-0.2, 0) is 32.5 Å². The maximum atomic E-state index is 13.2. The van der Waals surface area contributed by atoms with E-state index in [1.54, 1.807) is 41.0 Å². The lowest BCUT2D eigenvalue weighted by atomic mass is 9.99. The smallest absolute Gasteiger partial charge is 0.243 e. The van der Waals surface area contributed by atoms with Crippen LogP contribution < -0.4 is 0 Å². The Hall–Kier alpha value is -2.58. The van der Waals surface area contributed by atoms with Crippen molar-refractivity contribution in [1.29, 1.82) is 0 Å². The van der Waals surface area contributed by atoms with Crippen molar-refractivity contribution in [1.82, 2.24) is 14.2 Å². The average Bonchev–Trinajstić information content (AvgIpc) is 3.23. The van der Waals surface area contributed by atoms with Gasteiger partial charge in [-0.15, -0.1) is 0 Å². The Labute approximate surface area is 195 Å². The SMILES string of the molecule is O=C(CCc1cccnc1)Cc1ccc(S(=O)(=O)N2CCCC(CN3CCCC3=O)C2)cc1. The molecule has 0 aliphatic carbocycles. The van der Waals surface area contributed by atoms with Gasteiger partial charge in [-0.05, 0) is 60.9 Å². The summed E-state index contributed by atoms with van der Waals surface area (Å²) in [5, 5.41) is 0. The number of rotatable bonds is 9. The van der Waals surface area contributed by atoms with Crippen molar-refractivity contribution in [2.24, 2.45) is 5.92 Å². The number of piperidine rings is 1. The van der Waals surface area contributed by atoms with E-state index in [1.807, 2.05) is 17.0 Å². The fraction of sp³-hybridized carbons (Fsp3) is 0.480. The second-order valence-corrected chi connectivity index (χ2v) is 11.0. The molecule has 4 rings (SSSR count). The third-order valence-corrected chi connectivity index (χ3v) is 8.39. The highest BCUT2D eigenvalue weighted by Crippen LogP contribution is 2.26. The maximum Gasteiger partial charge on any atom is 0.243 e. The van der Waals surface area contributed by atoms with Crippen LogP contribution in [0.1, 0.15) is 43.2 Å². The molecule has 8 heteroatoms. The van der Waals surface area contributed by atoms with E-state index in [9.17, 15) is 18.0 Å². The number of ketones is 1. The van der Waals surface area contributed by atoms with E-state index >= 15 is 0 Å². The molecule has 1 atom stereocenters. The van der Waals surface area contributed by atoms with Crippen LogP contribution in [0.4, 0.5) is 0 Å². The van der Waals surface area contributed by atoms with Crippen LogP contribution in [0.15, 0.2) is 53.7 Å². The Bertz CT molecular complexity index is 1070. The molecule has 1 aromatic heterocycles. The van der Waals surface area contributed by atoms with Gasteiger partial charge in [-0.3, -0.25) is 14.6 Å². The molecule has 0 saturated carbocycles. The number of hydrogen-bond acceptors (Lipinski definition) is 5. The van der Waals surface area contributed by atoms with E-state index in [2.05, 4.69) is 4.98 Å². The Morgan fingerprint density at radius 1 is 1.06 bits per heavy atom. The molecule has 2 aromatic rings. The largest absolute Gasteiger partial charge is 0.342 e. The van der Waals surface area contributed by atoms with Gasteiger partial charge in [-0.25, -0.2) is 8.42 Å². The molecule has 7 nitrogen and oxygen atoms in total. The van der Waals surface area contributed by atoms with Gasteiger partial charge < -0.3 is 4.90 Å². The van der Waals surface area contributed by atoms with Gasteiger partial charge in [0.15, 0.2) is 0 Å². The number of amides is 1. The second kappa shape index (κ2) is 10.6. The van der Waals surface area contributed by atoms with E-state index in [0.717, 1.165) is 36.9 Å². The number of Topliss-reactive ketones (excluding diaryl/α,β-unsaturated/α-hetero) is 1. The highest BCUT2D eigenvalue weighted by molar-refractivity contribution is 7.89. The summed E-state index contributed by atoms with van der Waals surface area (Å²) in [5.41, 5.74) is 1.84. The molecule has 0 radical (unpaired) electrons. The first-order valence-corrected chi connectivity index (χ1v) is 13.1. The van der Waals surface area contributed by atoms with Crippen LogP contribution >= 0.6 is 0 Å². The number of carbonyl (C=O) groups excluding carboxylic acids is 2. The Morgan fingerprint density at radius 2 is 1.88 bits per heavy atom. The number of benzene rings is 1. The van der Waals surface area contributed by atoms with E-state index in [0.29, 0.717) is 38.9 Å². The van der Waals surface area contributed by atoms with Crippen LogP contribution in [0, 0.1) is 5.92 Å². The fourth-order valence-electron chi connectivity index (χ4n) is 4.68. The first kappa shape index (κ1) is 23.6. The van der Waals surface area contributed by atoms with Crippen LogP contribution in [0.3, 0.4) is 0 Å². The average molecular weight is 470 g/mol. The summed E-state index contributed by atoms with van der Waals surface area (Å²) in [7, 11) is -3.60. The highest BCUT2D eigenvalue weighted by Gasteiger charge is 2.32. The molecule has 176 valence electrons. The molecule has 1 amide bonds. The topological polar surface area (TPSA) is 87.6 Å². The minimum Gasteiger partial charge on any atom is -0.342 e. The minimum atomic E-state index is -3.60. The van der Waals surface area contributed by atoms with Gasteiger partial charge in [0.25, 0.3) is 0 Å². The molecule has 2 fully saturated rings. The molecule has 0 bridgehead atoms. The number of pyridine rings is 1. The van der Waals surface area contributed by atoms with Crippen LogP contribution in [0.2, 0.25) is 0 Å². The van der Waals surface area contributed by atoms with Crippen molar-refractivity contribution in [3.8, 4) is 0 Å². The number of aryl methyl sites for hydroxylation is 1. The molecule has 0 N–H and O–H groups in total. The highest BCUT2D eigenvalue weighted by atomic mass is 32.2. The minimum absolute atomic E-state index is 0.116. The number of sulfonamides is 1. The summed E-state index contributed by atoms with van der Waals surface area (Å²) in [5.74, 6) is 0.470. The van der Waals surface area contributed by atoms with Gasteiger partial charge >= 0.3 is 0 Å². The number of aromatic nitrogens is 1. The first-order chi connectivity index (χ1) is 15.9. The van der Waals surface area contributed by atoms with E-state index in [-0.39, 0.29) is 28.9 Å². The predicted molar refractivity (Wildman–Crippen MR) is 125 cm³/mol. The normalized spacial score (nSPS) is 19.7. The van der Waals surface area contributed by atoms with Crippen LogP contribution in [0.25, 0.3) is 0 Å². The summed E-state index contributed by atoms with van der Waals surface area (Å²) in [4.78, 5) is 30.5. The summed E-state index contributed by atoms with van der Waals surface area (Å²) in [6.07, 6.45) is 8.08. The van der Waals surface area contributed by atoms with E-state index in [4.69, 9.17) is 0 Å². The molecular formula is C25H31N3O4S. The van der Waals surface area contributed by atoms with Crippen LogP contribution in [-0.4, -0.2) is 60.5 Å². The standard InChI is InChI=1S/C25H31N3O4S/c29-23(10-7-21-4-1-13-26-17-21)16-20-8-11-24(12-9-20)33(31,32)28-15-2-5-22(19-28)18-27-14-3-6-25(27)30/h1,4,8-9,11-13,17,22H,2-3,5-7,10,14-16,18-19H2. The predicted octanol–water partition coefficient (Wildman–Crippen LogP) is 2.85. The van der Waals surface area contributed by atoms with Crippen molar-refractivity contribution in [3.63, 3.8) is 0 Å². The summed E-state index contributed by atoms with van der Waals surface area (Å²) < 4.78 is 28.0. The summed E-state index contributed by atoms with van der Waals surface area (Å²) >= 11 is 0. The third kappa shape index (κ3) is 6.06. The number of likely N-dealkylation sites (tertiary alicyclic amines) is 1. The quantitative estimate of drug-likeness (QED) is 0.564. The first-order valence-electron chi connectivity index (χ1n) is 11.7. The molecule has 2 aliphatic rings. The number of hydrogen-bond donors (Lipinski definition) is 0. The van der Waals surface area contributed by atoms with Gasteiger partial charge in [0.05, 0.1) is 4.90 Å². The summed E-state index contributed by atoms with van der Waals surface area (Å²) in [6.45, 7) is 2.37. The molecule has 2 aliphatic heterocycles. The van der Waals surface area contributed by atoms with E-state index in [1.165, 1.54) is 0 Å². The molecule has 1 aromatic carbocycles. The number of nitrogens with zero attached hydrogens (tertiary/aromatic N) is 3. The lowest BCUT2D eigenvalue weighted by Gasteiger charge is -2.34. The molecule has 3 heterocycles. The zero-order valence-electron chi connectivity index (χ0n) is 18.9. The van der Waals surface area contributed by atoms with Gasteiger partial charge in [-0.1, -0.05) is 18.2 Å². The van der Waals surface area contributed by atoms with Crippen molar-refractivity contribution < 1.29 is 18.0 Å². The molecule has 0 spiro atoms. The number of carbonyl (C=O) groups is 2. The summed E-state index contributed by atoms with van der Waals surface area (Å²) in [6, 6.07) is 10.5. The van der Waals surface area contributed by atoms with Crippen molar-refractivity contribution in [3.05, 3.63) is 59.9 Å². The van der Waals surface area contributed by atoms with E-state index < -0.39 is 10.0 Å². The Kier molecular flexibility index (Phi) is 7.55. The Morgan fingerprint density at radius 3 is 2.58 bits per heavy atom. The lowest BCUT2D eigenvalue weighted by molar-refractivity contribution is -0.128. The third-order valence-electron chi connectivity index (χ3n) is 6.51. The molecule has 33 heavy (non-hydrogen) atoms. The lowest BCUT2D eigenvalue weighted by Crippen LogP contribution is -2.44. The maximum absolute atomic E-state index is 13.2. The zero-order valence-corrected chi connectivity index (χ0v) is 19.7. The molecular weight excluding hydrogens is 438 g/mol. The fourth-order valence-corrected chi connectivity index (χ4v) is 6.23. The second-order valence-electron chi connectivity index (χ2n) is 9.04. The van der Waals surface area contributed by atoms with Crippen LogP contribution in [0.5, 0.6) is 0 Å².